The second kappa shape index (κ2) is 8.86. The molecule has 1 aliphatic heterocycles. The molecule has 2 aromatic carbocycles. The molecular formula is C22H20FNO7. The third-order valence-corrected chi connectivity index (χ3v) is 4.97. The lowest BCUT2D eigenvalue weighted by atomic mass is 9.95. The number of carboxylic acid groups (broad SMARTS) is 1. The number of aliphatic carboxylic acids is 1. The smallest absolute Gasteiger partial charge is 0.303 e. The number of likely N-dealkylation sites (tertiary alicyclic amines) is 1. The van der Waals surface area contributed by atoms with Crippen molar-refractivity contribution in [3.63, 3.8) is 0 Å². The minimum Gasteiger partial charge on any atom is -0.507 e. The quantitative estimate of drug-likeness (QED) is 0.351. The molecule has 0 aliphatic carbocycles. The number of nitrogens with zero attached hydrogens (tertiary/aromatic N) is 1. The molecule has 1 heterocycles. The predicted molar refractivity (Wildman–Crippen MR) is 107 cm³/mol. The van der Waals surface area contributed by atoms with Gasteiger partial charge in [0.1, 0.15) is 11.6 Å². The van der Waals surface area contributed by atoms with Gasteiger partial charge in [0.2, 0.25) is 0 Å². The normalized spacial score (nSPS) is 17.7. The summed E-state index contributed by atoms with van der Waals surface area (Å²) in [5.74, 6) is -3.99. The fourth-order valence-electron chi connectivity index (χ4n) is 3.49. The maximum atomic E-state index is 13.3. The van der Waals surface area contributed by atoms with Crippen molar-refractivity contribution < 1.29 is 38.8 Å². The molecule has 0 bridgehead atoms. The monoisotopic (exact) mass is 429 g/mol. The number of phenols is 1. The largest absolute Gasteiger partial charge is 0.507 e. The maximum absolute atomic E-state index is 13.3. The molecule has 3 rings (SSSR count). The van der Waals surface area contributed by atoms with Crippen LogP contribution in [0.1, 0.15) is 30.0 Å². The summed E-state index contributed by atoms with van der Waals surface area (Å²) in [6, 6.07) is 7.93. The van der Waals surface area contributed by atoms with Crippen LogP contribution in [0.4, 0.5) is 4.39 Å². The van der Waals surface area contributed by atoms with Crippen molar-refractivity contribution in [1.29, 1.82) is 0 Å². The standard InChI is InChI=1S/C22H20FNO7/c1-31-16-11-13(6-9-15(16)25)19-18(20(28)12-4-7-14(23)8-5-12)21(29)22(30)24(19)10-2-3-17(26)27/h4-9,11,19,25,28H,2-3,10H2,1H3,(H,26,27)/t19-/m1/s1. The first-order valence-corrected chi connectivity index (χ1v) is 9.37. The van der Waals surface area contributed by atoms with E-state index in [1.807, 2.05) is 0 Å². The number of halogens is 1. The van der Waals surface area contributed by atoms with Crippen LogP contribution in [0.3, 0.4) is 0 Å². The number of methoxy groups -OCH3 is 1. The van der Waals surface area contributed by atoms with Gasteiger partial charge in [-0.3, -0.25) is 14.4 Å². The first kappa shape index (κ1) is 21.8. The highest BCUT2D eigenvalue weighted by atomic mass is 19.1. The third kappa shape index (κ3) is 4.35. The van der Waals surface area contributed by atoms with Crippen molar-refractivity contribution >= 4 is 23.4 Å². The number of ether oxygens (including phenoxy) is 1. The summed E-state index contributed by atoms with van der Waals surface area (Å²) in [6.45, 7) is -0.0507. The Morgan fingerprint density at radius 2 is 1.81 bits per heavy atom. The molecule has 1 saturated heterocycles. The summed E-state index contributed by atoms with van der Waals surface area (Å²) in [5, 5.41) is 29.6. The maximum Gasteiger partial charge on any atom is 0.303 e. The van der Waals surface area contributed by atoms with Gasteiger partial charge in [-0.1, -0.05) is 6.07 Å². The first-order chi connectivity index (χ1) is 14.7. The van der Waals surface area contributed by atoms with E-state index in [1.54, 1.807) is 0 Å². The summed E-state index contributed by atoms with van der Waals surface area (Å²) in [5.41, 5.74) is 0.285. The van der Waals surface area contributed by atoms with Gasteiger partial charge >= 0.3 is 5.97 Å². The zero-order valence-corrected chi connectivity index (χ0v) is 16.5. The van der Waals surface area contributed by atoms with Crippen molar-refractivity contribution in [2.75, 3.05) is 13.7 Å². The number of carbonyl (C=O) groups excluding carboxylic acids is 2. The van der Waals surface area contributed by atoms with E-state index in [0.29, 0.717) is 5.56 Å². The number of carboxylic acids is 1. The van der Waals surface area contributed by atoms with Gasteiger partial charge in [0.25, 0.3) is 11.7 Å². The van der Waals surface area contributed by atoms with Crippen LogP contribution in [0.2, 0.25) is 0 Å². The number of aliphatic hydroxyl groups excluding tert-OH is 1. The van der Waals surface area contributed by atoms with Crippen LogP contribution in [0.25, 0.3) is 5.76 Å². The zero-order valence-electron chi connectivity index (χ0n) is 16.5. The Labute approximate surface area is 176 Å². The fraction of sp³-hybridized carbons (Fsp3) is 0.227. The molecule has 0 unspecified atom stereocenters. The van der Waals surface area contributed by atoms with Crippen molar-refractivity contribution in [2.45, 2.75) is 18.9 Å². The summed E-state index contributed by atoms with van der Waals surface area (Å²) < 4.78 is 18.4. The molecule has 3 N–H and O–H groups in total. The van der Waals surface area contributed by atoms with Gasteiger partial charge < -0.3 is 25.0 Å². The number of phenolic OH excluding ortho intramolecular Hbond substituents is 1. The SMILES string of the molecule is COc1cc([C@@H]2C(=C(O)c3ccc(F)cc3)C(=O)C(=O)N2CCCC(=O)O)ccc1O. The number of aromatic hydroxyl groups is 1. The van der Waals surface area contributed by atoms with Crippen molar-refractivity contribution in [3.05, 3.63) is 65.0 Å². The van der Waals surface area contributed by atoms with Crippen LogP contribution in [0.15, 0.2) is 48.0 Å². The molecule has 8 nitrogen and oxygen atoms in total. The topological polar surface area (TPSA) is 124 Å². The lowest BCUT2D eigenvalue weighted by Gasteiger charge is -2.25. The molecule has 9 heteroatoms. The molecule has 1 amide bonds. The Morgan fingerprint density at radius 1 is 1.13 bits per heavy atom. The van der Waals surface area contributed by atoms with Crippen LogP contribution < -0.4 is 4.74 Å². The zero-order chi connectivity index (χ0) is 22.7. The first-order valence-electron chi connectivity index (χ1n) is 9.37. The van der Waals surface area contributed by atoms with E-state index in [9.17, 15) is 29.0 Å². The minimum atomic E-state index is -1.05. The molecule has 1 fully saturated rings. The number of hydrogen-bond donors (Lipinski definition) is 3. The molecule has 0 spiro atoms. The molecule has 0 saturated carbocycles. The van der Waals surface area contributed by atoms with E-state index in [4.69, 9.17) is 9.84 Å². The van der Waals surface area contributed by atoms with Crippen LogP contribution in [0.5, 0.6) is 11.5 Å². The Balaban J connectivity index is 2.14. The number of aliphatic hydroxyl groups is 1. The lowest BCUT2D eigenvalue weighted by Crippen LogP contribution is -2.31. The van der Waals surface area contributed by atoms with E-state index in [1.165, 1.54) is 42.3 Å². The fourth-order valence-corrected chi connectivity index (χ4v) is 3.49. The predicted octanol–water partition coefficient (Wildman–Crippen LogP) is 2.83. The third-order valence-electron chi connectivity index (χ3n) is 4.97. The van der Waals surface area contributed by atoms with E-state index >= 15 is 0 Å². The second-order valence-electron chi connectivity index (χ2n) is 6.93. The molecule has 0 aromatic heterocycles. The van der Waals surface area contributed by atoms with Gasteiger partial charge in [-0.15, -0.1) is 0 Å². The highest BCUT2D eigenvalue weighted by Gasteiger charge is 2.46. The van der Waals surface area contributed by atoms with Gasteiger partial charge in [-0.25, -0.2) is 4.39 Å². The molecule has 1 aliphatic rings. The van der Waals surface area contributed by atoms with Crippen molar-refractivity contribution in [2.24, 2.45) is 0 Å². The Morgan fingerprint density at radius 3 is 2.42 bits per heavy atom. The van der Waals surface area contributed by atoms with Gasteiger partial charge in [0.05, 0.1) is 18.7 Å². The van der Waals surface area contributed by atoms with E-state index < -0.39 is 35.3 Å². The Bertz CT molecular complexity index is 1060. The number of hydrogen-bond acceptors (Lipinski definition) is 6. The molecule has 1 atom stereocenters. The van der Waals surface area contributed by atoms with Crippen LogP contribution in [-0.4, -0.2) is 51.5 Å². The van der Waals surface area contributed by atoms with Crippen LogP contribution in [0, 0.1) is 5.82 Å². The Hall–Kier alpha value is -3.88. The highest BCUT2D eigenvalue weighted by molar-refractivity contribution is 6.46. The summed E-state index contributed by atoms with van der Waals surface area (Å²) >= 11 is 0. The molecule has 0 radical (unpaired) electrons. The van der Waals surface area contributed by atoms with E-state index in [-0.39, 0.29) is 42.0 Å². The van der Waals surface area contributed by atoms with Crippen LogP contribution >= 0.6 is 0 Å². The lowest BCUT2D eigenvalue weighted by molar-refractivity contribution is -0.140. The van der Waals surface area contributed by atoms with Gasteiger partial charge in [-0.2, -0.15) is 0 Å². The number of carbonyl (C=O) groups is 3. The average Bonchev–Trinajstić information content (AvgIpc) is 2.99. The number of rotatable bonds is 7. The van der Waals surface area contributed by atoms with Gasteiger partial charge in [0.15, 0.2) is 11.5 Å². The van der Waals surface area contributed by atoms with Crippen molar-refractivity contribution in [3.8, 4) is 11.5 Å². The summed E-state index contributed by atoms with van der Waals surface area (Å²) in [4.78, 5) is 37.6. The molecular weight excluding hydrogens is 409 g/mol. The Kier molecular flexibility index (Phi) is 6.24. The minimum absolute atomic E-state index is 0.0507. The number of benzene rings is 2. The van der Waals surface area contributed by atoms with Crippen molar-refractivity contribution in [1.82, 2.24) is 4.90 Å². The number of amides is 1. The number of ketones is 1. The molecule has 31 heavy (non-hydrogen) atoms. The number of Topliss-reactive ketones (excluding diaryl/α,β-unsaturated/α-hetero) is 1. The summed E-state index contributed by atoms with van der Waals surface area (Å²) in [7, 11) is 1.33. The van der Waals surface area contributed by atoms with E-state index in [0.717, 1.165) is 12.1 Å². The van der Waals surface area contributed by atoms with Crippen LogP contribution in [-0.2, 0) is 14.4 Å². The summed E-state index contributed by atoms with van der Waals surface area (Å²) in [6.07, 6.45) is -0.128. The van der Waals surface area contributed by atoms with Gasteiger partial charge in [-0.05, 0) is 48.4 Å². The molecule has 2 aromatic rings. The van der Waals surface area contributed by atoms with Gasteiger partial charge in [0, 0.05) is 18.5 Å². The molecule has 162 valence electrons. The second-order valence-corrected chi connectivity index (χ2v) is 6.93. The van der Waals surface area contributed by atoms with E-state index in [2.05, 4.69) is 0 Å². The average molecular weight is 429 g/mol. The highest BCUT2D eigenvalue weighted by Crippen LogP contribution is 2.41.